The van der Waals surface area contributed by atoms with Crippen molar-refractivity contribution in [3.05, 3.63) is 59.8 Å². The molecule has 0 radical (unpaired) electrons. The van der Waals surface area contributed by atoms with Gasteiger partial charge in [0.2, 0.25) is 0 Å². The third-order valence-corrected chi connectivity index (χ3v) is 2.59. The SMILES string of the molecule is O=C(O)c1ccc(CCNc2ccccn2)cc1. The van der Waals surface area contributed by atoms with E-state index in [4.69, 9.17) is 5.11 Å². The quantitative estimate of drug-likeness (QED) is 0.845. The molecule has 2 rings (SSSR count). The number of hydrogen-bond donors (Lipinski definition) is 2. The Hall–Kier alpha value is -2.36. The van der Waals surface area contributed by atoms with Crippen molar-refractivity contribution in [3.8, 4) is 0 Å². The molecule has 2 N–H and O–H groups in total. The Kier molecular flexibility index (Phi) is 3.91. The molecular formula is C14H14N2O2. The number of carboxylic acids is 1. The number of carbonyl (C=O) groups is 1. The van der Waals surface area contributed by atoms with Crippen LogP contribution in [0, 0.1) is 0 Å². The molecule has 2 aromatic rings. The van der Waals surface area contributed by atoms with E-state index >= 15 is 0 Å². The first-order valence-corrected chi connectivity index (χ1v) is 5.73. The molecule has 0 atom stereocenters. The van der Waals surface area contributed by atoms with E-state index in [0.717, 1.165) is 24.3 Å². The third-order valence-electron chi connectivity index (χ3n) is 2.59. The van der Waals surface area contributed by atoms with Crippen molar-refractivity contribution in [3.63, 3.8) is 0 Å². The van der Waals surface area contributed by atoms with Gasteiger partial charge in [-0.3, -0.25) is 0 Å². The summed E-state index contributed by atoms with van der Waals surface area (Å²) in [5.74, 6) is -0.0483. The highest BCUT2D eigenvalue weighted by molar-refractivity contribution is 5.87. The summed E-state index contributed by atoms with van der Waals surface area (Å²) in [6, 6.07) is 12.6. The summed E-state index contributed by atoms with van der Waals surface area (Å²) in [7, 11) is 0. The Bertz CT molecular complexity index is 509. The Morgan fingerprint density at radius 1 is 1.17 bits per heavy atom. The van der Waals surface area contributed by atoms with E-state index in [1.165, 1.54) is 0 Å². The highest BCUT2D eigenvalue weighted by Crippen LogP contribution is 2.06. The van der Waals surface area contributed by atoms with Crippen LogP contribution in [0.2, 0.25) is 0 Å². The zero-order valence-corrected chi connectivity index (χ0v) is 9.84. The van der Waals surface area contributed by atoms with E-state index in [1.54, 1.807) is 18.3 Å². The molecule has 0 bridgehead atoms. The van der Waals surface area contributed by atoms with Crippen molar-refractivity contribution >= 4 is 11.8 Å². The van der Waals surface area contributed by atoms with Crippen molar-refractivity contribution < 1.29 is 9.90 Å². The number of hydrogen-bond acceptors (Lipinski definition) is 3. The van der Waals surface area contributed by atoms with Crippen molar-refractivity contribution in [1.29, 1.82) is 0 Å². The summed E-state index contributed by atoms with van der Waals surface area (Å²) >= 11 is 0. The minimum atomic E-state index is -0.895. The van der Waals surface area contributed by atoms with Gasteiger partial charge in [0.1, 0.15) is 5.82 Å². The number of aromatic carboxylic acids is 1. The van der Waals surface area contributed by atoms with Gasteiger partial charge in [0.15, 0.2) is 0 Å². The molecule has 92 valence electrons. The fourth-order valence-electron chi connectivity index (χ4n) is 1.62. The Morgan fingerprint density at radius 2 is 1.94 bits per heavy atom. The van der Waals surface area contributed by atoms with E-state index in [9.17, 15) is 4.79 Å². The monoisotopic (exact) mass is 242 g/mol. The Morgan fingerprint density at radius 3 is 2.56 bits per heavy atom. The molecular weight excluding hydrogens is 228 g/mol. The molecule has 0 unspecified atom stereocenters. The molecule has 0 aliphatic carbocycles. The normalized spacial score (nSPS) is 10.0. The molecule has 18 heavy (non-hydrogen) atoms. The number of anilines is 1. The fourth-order valence-corrected chi connectivity index (χ4v) is 1.62. The largest absolute Gasteiger partial charge is 0.478 e. The van der Waals surface area contributed by atoms with E-state index in [2.05, 4.69) is 10.3 Å². The van der Waals surface area contributed by atoms with Crippen molar-refractivity contribution in [2.24, 2.45) is 0 Å². The molecule has 0 aliphatic heterocycles. The first kappa shape index (κ1) is 12.1. The van der Waals surface area contributed by atoms with Crippen molar-refractivity contribution in [1.82, 2.24) is 4.98 Å². The number of benzene rings is 1. The Balaban J connectivity index is 1.85. The van der Waals surface area contributed by atoms with E-state index in [0.29, 0.717) is 5.56 Å². The van der Waals surface area contributed by atoms with Gasteiger partial charge in [0.05, 0.1) is 5.56 Å². The highest BCUT2D eigenvalue weighted by atomic mass is 16.4. The number of nitrogens with one attached hydrogen (secondary N) is 1. The second-order valence-corrected chi connectivity index (χ2v) is 3.89. The topological polar surface area (TPSA) is 62.2 Å². The van der Waals surface area contributed by atoms with Gasteiger partial charge in [-0.1, -0.05) is 18.2 Å². The molecule has 0 spiro atoms. The van der Waals surface area contributed by atoms with Crippen LogP contribution in [0.4, 0.5) is 5.82 Å². The van der Waals surface area contributed by atoms with Crippen LogP contribution < -0.4 is 5.32 Å². The molecule has 0 fully saturated rings. The number of pyridine rings is 1. The minimum Gasteiger partial charge on any atom is -0.478 e. The van der Waals surface area contributed by atoms with Gasteiger partial charge in [0.25, 0.3) is 0 Å². The van der Waals surface area contributed by atoms with Crippen LogP contribution in [0.3, 0.4) is 0 Å². The molecule has 0 amide bonds. The maximum absolute atomic E-state index is 10.7. The van der Waals surface area contributed by atoms with Crippen LogP contribution in [0.25, 0.3) is 0 Å². The molecule has 0 saturated heterocycles. The zero-order valence-electron chi connectivity index (χ0n) is 9.84. The lowest BCUT2D eigenvalue weighted by molar-refractivity contribution is 0.0697. The van der Waals surface area contributed by atoms with Crippen LogP contribution in [-0.4, -0.2) is 22.6 Å². The highest BCUT2D eigenvalue weighted by Gasteiger charge is 2.01. The maximum atomic E-state index is 10.7. The predicted molar refractivity (Wildman–Crippen MR) is 69.8 cm³/mol. The minimum absolute atomic E-state index is 0.316. The van der Waals surface area contributed by atoms with Gasteiger partial charge in [-0.25, -0.2) is 9.78 Å². The number of nitrogens with zero attached hydrogens (tertiary/aromatic N) is 1. The smallest absolute Gasteiger partial charge is 0.335 e. The van der Waals surface area contributed by atoms with Gasteiger partial charge in [-0.15, -0.1) is 0 Å². The number of rotatable bonds is 5. The number of aromatic nitrogens is 1. The van der Waals surface area contributed by atoms with E-state index in [-0.39, 0.29) is 0 Å². The summed E-state index contributed by atoms with van der Waals surface area (Å²) in [4.78, 5) is 14.8. The average Bonchev–Trinajstić information content (AvgIpc) is 2.40. The lowest BCUT2D eigenvalue weighted by Gasteiger charge is -2.05. The van der Waals surface area contributed by atoms with Gasteiger partial charge in [-0.2, -0.15) is 0 Å². The van der Waals surface area contributed by atoms with Gasteiger partial charge in [-0.05, 0) is 36.2 Å². The second kappa shape index (κ2) is 5.82. The summed E-state index contributed by atoms with van der Waals surface area (Å²) in [6.07, 6.45) is 2.57. The molecule has 0 aliphatic rings. The molecule has 0 saturated carbocycles. The maximum Gasteiger partial charge on any atom is 0.335 e. The second-order valence-electron chi connectivity index (χ2n) is 3.89. The van der Waals surface area contributed by atoms with E-state index in [1.807, 2.05) is 30.3 Å². The molecule has 1 aromatic heterocycles. The van der Waals surface area contributed by atoms with Crippen LogP contribution in [-0.2, 0) is 6.42 Å². The summed E-state index contributed by atoms with van der Waals surface area (Å²) in [6.45, 7) is 0.767. The van der Waals surface area contributed by atoms with Gasteiger partial charge >= 0.3 is 5.97 Å². The van der Waals surface area contributed by atoms with Crippen molar-refractivity contribution in [2.75, 3.05) is 11.9 Å². The fraction of sp³-hybridized carbons (Fsp3) is 0.143. The summed E-state index contributed by atoms with van der Waals surface area (Å²) in [5.41, 5.74) is 1.42. The first-order valence-electron chi connectivity index (χ1n) is 5.73. The van der Waals surface area contributed by atoms with E-state index < -0.39 is 5.97 Å². The lowest BCUT2D eigenvalue weighted by atomic mass is 10.1. The van der Waals surface area contributed by atoms with Gasteiger partial charge in [0, 0.05) is 12.7 Å². The average molecular weight is 242 g/mol. The van der Waals surface area contributed by atoms with Gasteiger partial charge < -0.3 is 10.4 Å². The molecule has 1 aromatic carbocycles. The van der Waals surface area contributed by atoms with Crippen molar-refractivity contribution in [2.45, 2.75) is 6.42 Å². The summed E-state index contributed by atoms with van der Waals surface area (Å²) < 4.78 is 0. The first-order chi connectivity index (χ1) is 8.75. The Labute approximate surface area is 105 Å². The summed E-state index contributed by atoms with van der Waals surface area (Å²) in [5, 5.41) is 12.0. The van der Waals surface area contributed by atoms with Crippen LogP contribution >= 0.6 is 0 Å². The molecule has 4 heteroatoms. The van der Waals surface area contributed by atoms with Crippen LogP contribution in [0.15, 0.2) is 48.7 Å². The predicted octanol–water partition coefficient (Wildman–Crippen LogP) is 2.43. The molecule has 1 heterocycles. The third kappa shape index (κ3) is 3.31. The number of carboxylic acid groups (broad SMARTS) is 1. The molecule has 4 nitrogen and oxygen atoms in total. The zero-order chi connectivity index (χ0) is 12.8. The standard InChI is InChI=1S/C14H14N2O2/c17-14(18)12-6-4-11(5-7-12)8-10-16-13-3-1-2-9-15-13/h1-7,9H,8,10H2,(H,15,16)(H,17,18). The lowest BCUT2D eigenvalue weighted by Crippen LogP contribution is -2.06. The van der Waals surface area contributed by atoms with Crippen LogP contribution in [0.5, 0.6) is 0 Å². The van der Waals surface area contributed by atoms with Crippen LogP contribution in [0.1, 0.15) is 15.9 Å².